The van der Waals surface area contributed by atoms with Gasteiger partial charge in [-0.15, -0.1) is 0 Å². The standard InChI is InChI=1S/C22H28N3O8P/c1-14(2)31-21(27)16(4)24-34(29,33-17-8-6-5-7-9-17)30-13-18-12-15(3)20(32-18)25-11-10-19(26)23-22(25)28/h5-12,14-16,20H,13H2,1-4H3,(H,24,29)(H,23,26,28)/t15-,16+,20+,34?/m0/s1. The van der Waals surface area contributed by atoms with E-state index in [1.165, 1.54) is 23.8 Å². The number of para-hydroxylation sites is 1. The summed E-state index contributed by atoms with van der Waals surface area (Å²) in [5.41, 5.74) is -1.13. The van der Waals surface area contributed by atoms with Crippen LogP contribution >= 0.6 is 7.75 Å². The minimum atomic E-state index is -4.06. The van der Waals surface area contributed by atoms with E-state index in [1.807, 2.05) is 6.92 Å². The van der Waals surface area contributed by atoms with E-state index in [0.29, 0.717) is 5.76 Å². The maximum absolute atomic E-state index is 13.5. The van der Waals surface area contributed by atoms with Crippen LogP contribution in [0.4, 0.5) is 0 Å². The summed E-state index contributed by atoms with van der Waals surface area (Å²) in [5, 5.41) is 2.60. The number of carbonyl (C=O) groups is 1. The molecular weight excluding hydrogens is 465 g/mol. The molecule has 3 rings (SSSR count). The fraction of sp³-hybridized carbons (Fsp3) is 0.409. The molecule has 0 aliphatic carbocycles. The molecule has 2 aromatic rings. The molecule has 34 heavy (non-hydrogen) atoms. The number of ether oxygens (including phenoxy) is 2. The lowest BCUT2D eigenvalue weighted by Crippen LogP contribution is -2.36. The normalized spacial score (nSPS) is 20.2. The Morgan fingerprint density at radius 3 is 2.56 bits per heavy atom. The summed E-state index contributed by atoms with van der Waals surface area (Å²) in [7, 11) is -4.06. The average molecular weight is 493 g/mol. The van der Waals surface area contributed by atoms with Crippen molar-refractivity contribution < 1.29 is 27.9 Å². The van der Waals surface area contributed by atoms with Crippen molar-refractivity contribution in [1.29, 1.82) is 0 Å². The van der Waals surface area contributed by atoms with Crippen molar-refractivity contribution in [3.8, 4) is 5.75 Å². The molecule has 1 aromatic carbocycles. The van der Waals surface area contributed by atoms with E-state index in [-0.39, 0.29) is 24.4 Å². The summed E-state index contributed by atoms with van der Waals surface area (Å²) in [6, 6.07) is 8.60. The molecule has 0 radical (unpaired) electrons. The van der Waals surface area contributed by atoms with Gasteiger partial charge in [-0.2, -0.15) is 5.09 Å². The Morgan fingerprint density at radius 2 is 1.91 bits per heavy atom. The lowest BCUT2D eigenvalue weighted by atomic mass is 10.1. The number of nitrogens with zero attached hydrogens (tertiary/aromatic N) is 1. The first-order chi connectivity index (χ1) is 16.1. The molecule has 2 N–H and O–H groups in total. The molecule has 1 aliphatic rings. The molecule has 0 saturated carbocycles. The monoisotopic (exact) mass is 493 g/mol. The van der Waals surface area contributed by atoms with Crippen LogP contribution in [0, 0.1) is 5.92 Å². The van der Waals surface area contributed by atoms with Gasteiger partial charge >= 0.3 is 19.4 Å². The Hall–Kier alpha value is -3.14. The number of benzene rings is 1. The Kier molecular flexibility index (Phi) is 8.14. The van der Waals surface area contributed by atoms with Gasteiger partial charge in [0, 0.05) is 18.2 Å². The van der Waals surface area contributed by atoms with E-state index >= 15 is 0 Å². The zero-order chi connectivity index (χ0) is 24.9. The van der Waals surface area contributed by atoms with Crippen LogP contribution in [0.1, 0.15) is 33.9 Å². The highest BCUT2D eigenvalue weighted by molar-refractivity contribution is 7.52. The second-order valence-electron chi connectivity index (χ2n) is 8.03. The van der Waals surface area contributed by atoms with Gasteiger partial charge in [0.25, 0.3) is 5.56 Å². The second kappa shape index (κ2) is 10.9. The minimum Gasteiger partial charge on any atom is -0.472 e. The van der Waals surface area contributed by atoms with Crippen molar-refractivity contribution >= 4 is 13.7 Å². The van der Waals surface area contributed by atoms with Crippen LogP contribution in [-0.4, -0.2) is 34.3 Å². The highest BCUT2D eigenvalue weighted by Crippen LogP contribution is 2.46. The van der Waals surface area contributed by atoms with Gasteiger partial charge in [0.2, 0.25) is 0 Å². The molecule has 0 fully saturated rings. The SMILES string of the molecule is CC(C)OC(=O)[C@@H](C)NP(=O)(OCC1=C[C@H](C)[C@H](n2ccc(=O)[nH]c2=O)O1)Oc1ccccc1. The lowest BCUT2D eigenvalue weighted by molar-refractivity contribution is -0.149. The number of nitrogens with one attached hydrogen (secondary N) is 2. The van der Waals surface area contributed by atoms with Crippen LogP contribution in [0.3, 0.4) is 0 Å². The lowest BCUT2D eigenvalue weighted by Gasteiger charge is -2.24. The van der Waals surface area contributed by atoms with Crippen LogP contribution < -0.4 is 20.9 Å². The summed E-state index contributed by atoms with van der Waals surface area (Å²) in [6.45, 7) is 6.45. The van der Waals surface area contributed by atoms with Crippen LogP contribution in [-0.2, 0) is 23.4 Å². The van der Waals surface area contributed by atoms with Gasteiger partial charge in [-0.1, -0.05) is 25.1 Å². The highest BCUT2D eigenvalue weighted by atomic mass is 31.2. The smallest absolute Gasteiger partial charge is 0.459 e. The van der Waals surface area contributed by atoms with Gasteiger partial charge in [0.1, 0.15) is 24.2 Å². The van der Waals surface area contributed by atoms with Crippen LogP contribution in [0.2, 0.25) is 0 Å². The third-order valence-corrected chi connectivity index (χ3v) is 6.32. The fourth-order valence-corrected chi connectivity index (χ4v) is 4.64. The number of hydrogen-bond donors (Lipinski definition) is 2. The van der Waals surface area contributed by atoms with E-state index in [2.05, 4.69) is 10.1 Å². The molecule has 4 atom stereocenters. The Morgan fingerprint density at radius 1 is 1.21 bits per heavy atom. The number of aromatic nitrogens is 2. The van der Waals surface area contributed by atoms with Crippen molar-refractivity contribution in [2.45, 2.75) is 46.1 Å². The van der Waals surface area contributed by atoms with Gasteiger partial charge in [-0.3, -0.25) is 23.7 Å². The van der Waals surface area contributed by atoms with Crippen molar-refractivity contribution in [2.24, 2.45) is 5.92 Å². The zero-order valence-electron chi connectivity index (χ0n) is 19.3. The van der Waals surface area contributed by atoms with Crippen molar-refractivity contribution in [2.75, 3.05) is 6.61 Å². The molecule has 1 aliphatic heterocycles. The number of esters is 1. The van der Waals surface area contributed by atoms with E-state index in [9.17, 15) is 18.9 Å². The molecule has 1 unspecified atom stereocenters. The van der Waals surface area contributed by atoms with Crippen LogP contribution in [0.15, 0.2) is 64.0 Å². The minimum absolute atomic E-state index is 0.246. The first kappa shape index (κ1) is 25.5. The number of rotatable bonds is 10. The molecule has 2 heterocycles. The molecular formula is C22H28N3O8P. The maximum Gasteiger partial charge on any atom is 0.459 e. The van der Waals surface area contributed by atoms with Gasteiger partial charge in [-0.05, 0) is 39.0 Å². The molecule has 1 aromatic heterocycles. The zero-order valence-corrected chi connectivity index (χ0v) is 20.2. The van der Waals surface area contributed by atoms with Gasteiger partial charge < -0.3 is 14.0 Å². The molecule has 0 bridgehead atoms. The number of hydrogen-bond acceptors (Lipinski definition) is 8. The summed E-state index contributed by atoms with van der Waals surface area (Å²) in [6.07, 6.45) is 1.99. The van der Waals surface area contributed by atoms with Gasteiger partial charge in [0.05, 0.1) is 6.10 Å². The predicted octanol–water partition coefficient (Wildman–Crippen LogP) is 2.72. The van der Waals surface area contributed by atoms with Crippen LogP contribution in [0.5, 0.6) is 5.75 Å². The first-order valence-electron chi connectivity index (χ1n) is 10.7. The number of H-pyrrole nitrogens is 1. The Bertz CT molecular complexity index is 1190. The van der Waals surface area contributed by atoms with Crippen molar-refractivity contribution in [1.82, 2.24) is 14.6 Å². The molecule has 11 nitrogen and oxygen atoms in total. The van der Waals surface area contributed by atoms with Crippen molar-refractivity contribution in [3.05, 3.63) is 75.3 Å². The number of aromatic amines is 1. The molecule has 0 saturated heterocycles. The third-order valence-electron chi connectivity index (χ3n) is 4.70. The third kappa shape index (κ3) is 6.69. The predicted molar refractivity (Wildman–Crippen MR) is 123 cm³/mol. The molecule has 184 valence electrons. The van der Waals surface area contributed by atoms with E-state index in [1.54, 1.807) is 50.3 Å². The van der Waals surface area contributed by atoms with E-state index < -0.39 is 37.2 Å². The van der Waals surface area contributed by atoms with E-state index in [0.717, 1.165) is 0 Å². The molecule has 12 heteroatoms. The summed E-state index contributed by atoms with van der Waals surface area (Å²) in [4.78, 5) is 37.9. The Labute approximate surface area is 196 Å². The molecule has 0 spiro atoms. The topological polar surface area (TPSA) is 138 Å². The van der Waals surface area contributed by atoms with Crippen LogP contribution in [0.25, 0.3) is 0 Å². The average Bonchev–Trinajstić information content (AvgIpc) is 3.13. The Balaban J connectivity index is 1.72. The quantitative estimate of drug-likeness (QED) is 0.378. The second-order valence-corrected chi connectivity index (χ2v) is 9.72. The summed E-state index contributed by atoms with van der Waals surface area (Å²) < 4.78 is 36.9. The fourth-order valence-electron chi connectivity index (χ4n) is 3.18. The highest BCUT2D eigenvalue weighted by Gasteiger charge is 2.35. The first-order valence-corrected chi connectivity index (χ1v) is 12.3. The summed E-state index contributed by atoms with van der Waals surface area (Å²) >= 11 is 0. The molecule has 0 amide bonds. The maximum atomic E-state index is 13.5. The van der Waals surface area contributed by atoms with Gasteiger partial charge in [0.15, 0.2) is 6.23 Å². The largest absolute Gasteiger partial charge is 0.472 e. The summed E-state index contributed by atoms with van der Waals surface area (Å²) in [5.74, 6) is -0.274. The van der Waals surface area contributed by atoms with Crippen molar-refractivity contribution in [3.63, 3.8) is 0 Å². The van der Waals surface area contributed by atoms with E-state index in [4.69, 9.17) is 18.5 Å². The van der Waals surface area contributed by atoms with Gasteiger partial charge in [-0.25, -0.2) is 9.36 Å². The number of carbonyl (C=O) groups excluding carboxylic acids is 1.